The van der Waals surface area contributed by atoms with Crippen molar-refractivity contribution in [3.8, 4) is 5.75 Å². The van der Waals surface area contributed by atoms with Crippen LogP contribution >= 0.6 is 11.3 Å². The monoisotopic (exact) mass is 214 g/mol. The summed E-state index contributed by atoms with van der Waals surface area (Å²) in [6.45, 7) is 0. The normalized spacial score (nSPS) is 10.7. The predicted octanol–water partition coefficient (Wildman–Crippen LogP) is 2.36. The van der Waals surface area contributed by atoms with Crippen molar-refractivity contribution in [2.75, 3.05) is 0 Å². The van der Waals surface area contributed by atoms with Gasteiger partial charge < -0.3 is 4.65 Å². The standard InChI is InChI=1S/C10H7BN2OS/c11-14-9-4-2-1-3-8(9)7-13-10-12-5-6-15-10/h1-7H. The van der Waals surface area contributed by atoms with Gasteiger partial charge in [-0.1, -0.05) is 12.1 Å². The minimum Gasteiger partial charge on any atom is -0.567 e. The lowest BCUT2D eigenvalue weighted by molar-refractivity contribution is 0.615. The third-order valence-electron chi connectivity index (χ3n) is 1.78. The zero-order chi connectivity index (χ0) is 10.5. The number of aliphatic imine (C=N–C) groups is 1. The van der Waals surface area contributed by atoms with Crippen LogP contribution in [0.2, 0.25) is 0 Å². The Morgan fingerprint density at radius 3 is 3.00 bits per heavy atom. The maximum atomic E-state index is 5.12. The summed E-state index contributed by atoms with van der Waals surface area (Å²) in [5.41, 5.74) is 0.829. The summed E-state index contributed by atoms with van der Waals surface area (Å²) in [6, 6.07) is 7.40. The number of hydrogen-bond donors (Lipinski definition) is 0. The third kappa shape index (κ3) is 2.44. The van der Waals surface area contributed by atoms with Gasteiger partial charge in [0.25, 0.3) is 0 Å². The van der Waals surface area contributed by atoms with E-state index in [-0.39, 0.29) is 0 Å². The number of para-hydroxylation sites is 1. The zero-order valence-electron chi connectivity index (χ0n) is 7.83. The van der Waals surface area contributed by atoms with Crippen LogP contribution < -0.4 is 4.65 Å². The molecule has 1 aromatic carbocycles. The lowest BCUT2D eigenvalue weighted by Crippen LogP contribution is -1.90. The molecule has 0 aliphatic heterocycles. The van der Waals surface area contributed by atoms with Gasteiger partial charge in [-0.25, -0.2) is 9.98 Å². The molecule has 5 heteroatoms. The minimum absolute atomic E-state index is 0.595. The highest BCUT2D eigenvalue weighted by Gasteiger charge is 1.97. The Bertz CT molecular complexity index is 456. The van der Waals surface area contributed by atoms with Gasteiger partial charge in [0.15, 0.2) is 0 Å². The summed E-state index contributed by atoms with van der Waals surface area (Å²) in [5.74, 6) is 0.595. The fraction of sp³-hybridized carbons (Fsp3) is 0. The number of thiazole rings is 1. The van der Waals surface area contributed by atoms with Gasteiger partial charge in [0.05, 0.1) is 0 Å². The Morgan fingerprint density at radius 2 is 2.27 bits per heavy atom. The lowest BCUT2D eigenvalue weighted by Gasteiger charge is -2.02. The Morgan fingerprint density at radius 1 is 1.40 bits per heavy atom. The van der Waals surface area contributed by atoms with E-state index in [1.165, 1.54) is 11.3 Å². The average Bonchev–Trinajstić information content (AvgIpc) is 2.79. The van der Waals surface area contributed by atoms with Crippen molar-refractivity contribution in [2.24, 2.45) is 4.99 Å². The molecular formula is C10H7BN2OS. The molecule has 0 fully saturated rings. The summed E-state index contributed by atoms with van der Waals surface area (Å²) in [7, 11) is 5.12. The maximum absolute atomic E-state index is 5.12. The number of rotatable bonds is 3. The van der Waals surface area contributed by atoms with E-state index in [1.54, 1.807) is 18.5 Å². The Labute approximate surface area is 92.9 Å². The zero-order valence-corrected chi connectivity index (χ0v) is 8.65. The molecule has 0 atom stereocenters. The number of hydrogen-bond acceptors (Lipinski definition) is 4. The SMILES string of the molecule is [B]Oc1ccccc1C=Nc1nccs1. The van der Waals surface area contributed by atoms with Crippen LogP contribution in [0.1, 0.15) is 5.56 Å². The lowest BCUT2D eigenvalue weighted by atomic mass is 10.2. The van der Waals surface area contributed by atoms with Gasteiger partial charge in [0, 0.05) is 23.4 Å². The molecule has 0 amide bonds. The first-order chi connectivity index (χ1) is 7.40. The molecule has 2 radical (unpaired) electrons. The number of benzene rings is 1. The van der Waals surface area contributed by atoms with Crippen LogP contribution in [0, 0.1) is 0 Å². The van der Waals surface area contributed by atoms with Crippen LogP contribution in [0.4, 0.5) is 5.13 Å². The summed E-state index contributed by atoms with van der Waals surface area (Å²) >= 11 is 1.47. The summed E-state index contributed by atoms with van der Waals surface area (Å²) in [6.07, 6.45) is 3.39. The van der Waals surface area contributed by atoms with Crippen molar-refractivity contribution < 1.29 is 4.65 Å². The van der Waals surface area contributed by atoms with E-state index in [1.807, 2.05) is 23.6 Å². The fourth-order valence-corrected chi connectivity index (χ4v) is 1.58. The van der Waals surface area contributed by atoms with Gasteiger partial charge in [-0.3, -0.25) is 0 Å². The Balaban J connectivity index is 2.24. The molecule has 1 heterocycles. The quantitative estimate of drug-likeness (QED) is 0.580. The van der Waals surface area contributed by atoms with Gasteiger partial charge in [-0.2, -0.15) is 0 Å². The van der Waals surface area contributed by atoms with E-state index in [2.05, 4.69) is 9.98 Å². The largest absolute Gasteiger partial charge is 0.567 e. The molecule has 0 N–H and O–H groups in total. The van der Waals surface area contributed by atoms with E-state index < -0.39 is 0 Å². The maximum Gasteiger partial charge on any atom is 0.374 e. The molecule has 0 aliphatic rings. The second-order valence-corrected chi connectivity index (χ2v) is 3.60. The topological polar surface area (TPSA) is 34.5 Å². The molecule has 1 aromatic heterocycles. The van der Waals surface area contributed by atoms with Crippen molar-refractivity contribution in [1.82, 2.24) is 4.98 Å². The van der Waals surface area contributed by atoms with Gasteiger partial charge in [0.1, 0.15) is 5.75 Å². The average molecular weight is 214 g/mol. The summed E-state index contributed by atoms with van der Waals surface area (Å²) in [4.78, 5) is 8.23. The summed E-state index contributed by atoms with van der Waals surface area (Å²) in [5, 5.41) is 2.58. The molecule has 2 aromatic rings. The van der Waals surface area contributed by atoms with E-state index in [0.717, 1.165) is 5.56 Å². The highest BCUT2D eigenvalue weighted by atomic mass is 32.1. The molecule has 0 bridgehead atoms. The Kier molecular flexibility index (Phi) is 3.14. The van der Waals surface area contributed by atoms with Crippen molar-refractivity contribution in [2.45, 2.75) is 0 Å². The smallest absolute Gasteiger partial charge is 0.374 e. The molecule has 0 saturated carbocycles. The van der Waals surface area contributed by atoms with Crippen molar-refractivity contribution in [3.63, 3.8) is 0 Å². The highest BCUT2D eigenvalue weighted by molar-refractivity contribution is 7.13. The fourth-order valence-electron chi connectivity index (χ4n) is 1.10. The van der Waals surface area contributed by atoms with Crippen molar-refractivity contribution in [1.29, 1.82) is 0 Å². The molecule has 0 unspecified atom stereocenters. The van der Waals surface area contributed by atoms with E-state index in [9.17, 15) is 0 Å². The summed E-state index contributed by atoms with van der Waals surface area (Å²) < 4.78 is 4.71. The highest BCUT2D eigenvalue weighted by Crippen LogP contribution is 2.18. The molecule has 0 spiro atoms. The Hall–Kier alpha value is -1.62. The molecule has 2 rings (SSSR count). The van der Waals surface area contributed by atoms with Gasteiger partial charge in [0.2, 0.25) is 5.13 Å². The minimum atomic E-state index is 0.595. The predicted molar refractivity (Wildman–Crippen MR) is 62.2 cm³/mol. The van der Waals surface area contributed by atoms with Gasteiger partial charge in [-0.05, 0) is 12.1 Å². The van der Waals surface area contributed by atoms with Crippen LogP contribution in [0.3, 0.4) is 0 Å². The van der Waals surface area contributed by atoms with Crippen molar-refractivity contribution >= 4 is 30.7 Å². The molecule has 0 aliphatic carbocycles. The molecule has 3 nitrogen and oxygen atoms in total. The van der Waals surface area contributed by atoms with Crippen molar-refractivity contribution in [3.05, 3.63) is 41.4 Å². The van der Waals surface area contributed by atoms with Crippen LogP contribution in [-0.4, -0.2) is 19.2 Å². The second-order valence-electron chi connectivity index (χ2n) is 2.73. The van der Waals surface area contributed by atoms with Crippen LogP contribution in [0.25, 0.3) is 0 Å². The first-order valence-corrected chi connectivity index (χ1v) is 5.17. The molecular weight excluding hydrogens is 207 g/mol. The molecule has 15 heavy (non-hydrogen) atoms. The molecule has 72 valence electrons. The second kappa shape index (κ2) is 4.75. The van der Waals surface area contributed by atoms with Gasteiger partial charge in [-0.15, -0.1) is 11.3 Å². The van der Waals surface area contributed by atoms with Gasteiger partial charge >= 0.3 is 8.05 Å². The number of nitrogens with zero attached hydrogens (tertiary/aromatic N) is 2. The van der Waals surface area contributed by atoms with E-state index in [4.69, 9.17) is 12.7 Å². The van der Waals surface area contributed by atoms with E-state index in [0.29, 0.717) is 10.9 Å². The van der Waals surface area contributed by atoms with Crippen LogP contribution in [0.15, 0.2) is 40.8 Å². The first-order valence-electron chi connectivity index (χ1n) is 4.29. The van der Waals surface area contributed by atoms with Crippen LogP contribution in [0.5, 0.6) is 5.75 Å². The first kappa shape index (κ1) is 9.92. The van der Waals surface area contributed by atoms with Crippen LogP contribution in [-0.2, 0) is 0 Å². The third-order valence-corrected chi connectivity index (χ3v) is 2.46. The van der Waals surface area contributed by atoms with E-state index >= 15 is 0 Å². The molecule has 0 saturated heterocycles. The number of aromatic nitrogens is 1.